The highest BCUT2D eigenvalue weighted by molar-refractivity contribution is 5.94. The van der Waals surface area contributed by atoms with Crippen LogP contribution in [0.5, 0.6) is 0 Å². The lowest BCUT2D eigenvalue weighted by Gasteiger charge is -2.25. The summed E-state index contributed by atoms with van der Waals surface area (Å²) in [6.45, 7) is 1.29. The first-order valence-corrected chi connectivity index (χ1v) is 14.7. The molecule has 1 amide bonds. The van der Waals surface area contributed by atoms with Crippen molar-refractivity contribution in [1.82, 2.24) is 14.9 Å². The van der Waals surface area contributed by atoms with Crippen LogP contribution >= 0.6 is 0 Å². The summed E-state index contributed by atoms with van der Waals surface area (Å²) < 4.78 is 2.26. The number of pyridine rings is 1. The SMILES string of the molecule is O=C(O)c1ccc(CNC(=O)C(CCCCn2cc(-c3ccccc3)c3cccnc32)C2CCCCCC2)cc1. The second-order valence-corrected chi connectivity index (χ2v) is 11.1. The van der Waals surface area contributed by atoms with Gasteiger partial charge in [-0.15, -0.1) is 0 Å². The number of nitrogens with one attached hydrogen (secondary N) is 1. The van der Waals surface area contributed by atoms with Crippen molar-refractivity contribution in [3.8, 4) is 11.1 Å². The van der Waals surface area contributed by atoms with Gasteiger partial charge in [-0.05, 0) is 67.0 Å². The highest BCUT2D eigenvalue weighted by Gasteiger charge is 2.28. The number of aryl methyl sites for hydroxylation is 1. The maximum Gasteiger partial charge on any atom is 0.335 e. The van der Waals surface area contributed by atoms with Gasteiger partial charge in [0.25, 0.3) is 0 Å². The zero-order valence-corrected chi connectivity index (χ0v) is 23.1. The van der Waals surface area contributed by atoms with E-state index in [4.69, 9.17) is 5.11 Å². The molecule has 0 bridgehead atoms. The quantitative estimate of drug-likeness (QED) is 0.153. The summed E-state index contributed by atoms with van der Waals surface area (Å²) in [6, 6.07) is 21.3. The van der Waals surface area contributed by atoms with E-state index in [1.165, 1.54) is 42.2 Å². The minimum absolute atomic E-state index is 0.0100. The summed E-state index contributed by atoms with van der Waals surface area (Å²) in [5, 5.41) is 13.5. The Morgan fingerprint density at radius 1 is 0.925 bits per heavy atom. The van der Waals surface area contributed by atoms with Crippen molar-refractivity contribution in [3.63, 3.8) is 0 Å². The second-order valence-electron chi connectivity index (χ2n) is 11.1. The van der Waals surface area contributed by atoms with Gasteiger partial charge in [-0.25, -0.2) is 9.78 Å². The van der Waals surface area contributed by atoms with Gasteiger partial charge in [0.2, 0.25) is 5.91 Å². The van der Waals surface area contributed by atoms with Gasteiger partial charge in [0.1, 0.15) is 5.65 Å². The Morgan fingerprint density at radius 2 is 1.68 bits per heavy atom. The van der Waals surface area contributed by atoms with E-state index in [0.29, 0.717) is 12.5 Å². The minimum Gasteiger partial charge on any atom is -0.478 e. The third kappa shape index (κ3) is 6.79. The fourth-order valence-corrected chi connectivity index (χ4v) is 6.17. The molecule has 5 rings (SSSR count). The average molecular weight is 538 g/mol. The number of hydrogen-bond donors (Lipinski definition) is 2. The lowest BCUT2D eigenvalue weighted by atomic mass is 9.82. The Labute approximate surface area is 236 Å². The minimum atomic E-state index is -0.941. The molecule has 1 saturated carbocycles. The molecule has 1 fully saturated rings. The zero-order valence-electron chi connectivity index (χ0n) is 23.1. The Hall–Kier alpha value is -3.93. The Kier molecular flexibility index (Phi) is 9.27. The van der Waals surface area contributed by atoms with Crippen LogP contribution in [-0.2, 0) is 17.9 Å². The first kappa shape index (κ1) is 27.6. The molecular formula is C34H39N3O3. The molecule has 0 saturated heterocycles. The van der Waals surface area contributed by atoms with Crippen molar-refractivity contribution < 1.29 is 14.7 Å². The van der Waals surface area contributed by atoms with Gasteiger partial charge in [-0.1, -0.05) is 74.6 Å². The molecule has 1 aliphatic carbocycles. The van der Waals surface area contributed by atoms with E-state index >= 15 is 0 Å². The van der Waals surface area contributed by atoms with Gasteiger partial charge in [-0.2, -0.15) is 0 Å². The third-order valence-electron chi connectivity index (χ3n) is 8.36. The third-order valence-corrected chi connectivity index (χ3v) is 8.36. The number of hydrogen-bond acceptors (Lipinski definition) is 3. The van der Waals surface area contributed by atoms with Crippen molar-refractivity contribution in [2.24, 2.45) is 11.8 Å². The van der Waals surface area contributed by atoms with E-state index in [1.54, 1.807) is 24.3 Å². The van der Waals surface area contributed by atoms with E-state index in [-0.39, 0.29) is 17.4 Å². The Bertz CT molecular complexity index is 1400. The molecule has 4 aromatic rings. The van der Waals surface area contributed by atoms with Gasteiger partial charge in [-0.3, -0.25) is 4.79 Å². The topological polar surface area (TPSA) is 84.2 Å². The van der Waals surface area contributed by atoms with Gasteiger partial charge in [0, 0.05) is 42.4 Å². The molecule has 2 N–H and O–H groups in total. The molecule has 2 heterocycles. The molecule has 1 unspecified atom stereocenters. The smallest absolute Gasteiger partial charge is 0.335 e. The van der Waals surface area contributed by atoms with E-state index in [0.717, 1.165) is 49.9 Å². The largest absolute Gasteiger partial charge is 0.478 e. The van der Waals surface area contributed by atoms with Crippen molar-refractivity contribution in [1.29, 1.82) is 0 Å². The summed E-state index contributed by atoms with van der Waals surface area (Å²) in [6.07, 6.45) is 14.1. The number of carboxylic acids is 1. The van der Waals surface area contributed by atoms with E-state index in [1.807, 2.05) is 18.3 Å². The van der Waals surface area contributed by atoms with Gasteiger partial charge in [0.05, 0.1) is 5.56 Å². The molecule has 6 heteroatoms. The van der Waals surface area contributed by atoms with Gasteiger partial charge in [0.15, 0.2) is 0 Å². The number of fused-ring (bicyclic) bond motifs is 1. The number of aromatic carboxylic acids is 1. The number of carboxylic acid groups (broad SMARTS) is 1. The van der Waals surface area contributed by atoms with Crippen LogP contribution in [0.15, 0.2) is 79.1 Å². The first-order valence-electron chi connectivity index (χ1n) is 14.7. The zero-order chi connectivity index (χ0) is 27.7. The summed E-state index contributed by atoms with van der Waals surface area (Å²) >= 11 is 0. The maximum absolute atomic E-state index is 13.5. The molecule has 0 spiro atoms. The van der Waals surface area contributed by atoms with Gasteiger partial charge < -0.3 is 15.0 Å². The second kappa shape index (κ2) is 13.4. The number of carbonyl (C=O) groups is 2. The molecule has 6 nitrogen and oxygen atoms in total. The monoisotopic (exact) mass is 537 g/mol. The van der Waals surface area contributed by atoms with Crippen molar-refractivity contribution in [2.75, 3.05) is 0 Å². The van der Waals surface area contributed by atoms with E-state index in [9.17, 15) is 9.59 Å². The summed E-state index contributed by atoms with van der Waals surface area (Å²) in [7, 11) is 0. The highest BCUT2D eigenvalue weighted by Crippen LogP contribution is 2.33. The average Bonchev–Trinajstić information content (AvgIpc) is 3.14. The molecule has 40 heavy (non-hydrogen) atoms. The number of carbonyl (C=O) groups excluding carboxylic acids is 1. The molecule has 1 aliphatic rings. The number of aromatic nitrogens is 2. The molecule has 2 aromatic carbocycles. The molecule has 0 aliphatic heterocycles. The van der Waals surface area contributed by atoms with Crippen LogP contribution in [0.1, 0.15) is 73.7 Å². The predicted molar refractivity (Wildman–Crippen MR) is 159 cm³/mol. The summed E-state index contributed by atoms with van der Waals surface area (Å²) in [4.78, 5) is 29.3. The Balaban J connectivity index is 1.23. The van der Waals surface area contributed by atoms with Crippen molar-refractivity contribution >= 4 is 22.9 Å². The first-order chi connectivity index (χ1) is 19.6. The van der Waals surface area contributed by atoms with E-state index < -0.39 is 5.97 Å². The van der Waals surface area contributed by atoms with Crippen LogP contribution in [0, 0.1) is 11.8 Å². The Morgan fingerprint density at radius 3 is 2.40 bits per heavy atom. The fraction of sp³-hybridized carbons (Fsp3) is 0.382. The van der Waals surface area contributed by atoms with Crippen LogP contribution in [-0.4, -0.2) is 26.5 Å². The summed E-state index contributed by atoms with van der Waals surface area (Å²) in [5.74, 6) is -0.371. The van der Waals surface area contributed by atoms with Crippen LogP contribution < -0.4 is 5.32 Å². The number of rotatable bonds is 11. The van der Waals surface area contributed by atoms with E-state index in [2.05, 4.69) is 51.4 Å². The maximum atomic E-state index is 13.5. The normalized spacial score (nSPS) is 15.0. The van der Waals surface area contributed by atoms with Crippen LogP contribution in [0.3, 0.4) is 0 Å². The fourth-order valence-electron chi connectivity index (χ4n) is 6.17. The number of nitrogens with zero attached hydrogens (tertiary/aromatic N) is 2. The highest BCUT2D eigenvalue weighted by atomic mass is 16.4. The van der Waals surface area contributed by atoms with Crippen LogP contribution in [0.4, 0.5) is 0 Å². The number of unbranched alkanes of at least 4 members (excludes halogenated alkanes) is 1. The molecule has 208 valence electrons. The number of benzene rings is 2. The predicted octanol–water partition coefficient (Wildman–Crippen LogP) is 7.47. The lowest BCUT2D eigenvalue weighted by molar-refractivity contribution is -0.127. The van der Waals surface area contributed by atoms with Crippen molar-refractivity contribution in [3.05, 3.63) is 90.3 Å². The van der Waals surface area contributed by atoms with Crippen LogP contribution in [0.2, 0.25) is 0 Å². The molecule has 0 radical (unpaired) electrons. The van der Waals surface area contributed by atoms with Crippen molar-refractivity contribution in [2.45, 2.75) is 70.9 Å². The number of amides is 1. The van der Waals surface area contributed by atoms with Gasteiger partial charge >= 0.3 is 5.97 Å². The summed E-state index contributed by atoms with van der Waals surface area (Å²) in [5.41, 5.74) is 4.58. The standard InChI is InChI=1S/C34H39N3O3/c38-33(36-23-25-17-19-28(20-18-25)34(39)40)29(26-11-4-1-2-5-12-26)15-8-9-22-37-24-31(27-13-6-3-7-14-27)30-16-10-21-35-32(30)37/h3,6-7,10,13-14,16-21,24,26,29H,1-2,4-5,8-9,11-12,15,22-23H2,(H,36,38)(H,39,40). The molecule has 1 atom stereocenters. The molecule has 2 aromatic heterocycles. The lowest BCUT2D eigenvalue weighted by Crippen LogP contribution is -2.35. The molecular weight excluding hydrogens is 498 g/mol. The van der Waals surface area contributed by atoms with Crippen LogP contribution in [0.25, 0.3) is 22.2 Å².